The standard InChI is InChI=1S/C15H28N10S/c1-14(2,11-17-21-22-18-11)7-5-9-25(13(16)26)10-6-8-15(3,4)12-19-23-24-20-12/h5-10H2,1-4H3,(H2,16,26)(H,17,18,21,22)(H,19,20,23,24). The van der Waals surface area contributed by atoms with Crippen molar-refractivity contribution in [2.75, 3.05) is 13.1 Å². The molecule has 0 atom stereocenters. The van der Waals surface area contributed by atoms with Gasteiger partial charge in [0.05, 0.1) is 0 Å². The zero-order chi connectivity index (χ0) is 19.2. The number of nitrogens with two attached hydrogens (primary N) is 1. The van der Waals surface area contributed by atoms with E-state index >= 15 is 0 Å². The summed E-state index contributed by atoms with van der Waals surface area (Å²) < 4.78 is 0. The molecule has 2 heterocycles. The van der Waals surface area contributed by atoms with Crippen LogP contribution in [0, 0.1) is 0 Å². The lowest BCUT2D eigenvalue weighted by Crippen LogP contribution is -2.38. The molecule has 0 aliphatic heterocycles. The third-order valence-corrected chi connectivity index (χ3v) is 5.00. The number of aromatic amines is 2. The summed E-state index contributed by atoms with van der Waals surface area (Å²) in [5.74, 6) is 1.59. The number of rotatable bonds is 10. The topological polar surface area (TPSA) is 138 Å². The van der Waals surface area contributed by atoms with Gasteiger partial charge in [0.15, 0.2) is 16.8 Å². The van der Waals surface area contributed by atoms with Crippen molar-refractivity contribution >= 4 is 17.3 Å². The van der Waals surface area contributed by atoms with E-state index in [0.717, 1.165) is 50.4 Å². The fourth-order valence-corrected chi connectivity index (χ4v) is 3.07. The molecule has 0 bridgehead atoms. The molecule has 0 unspecified atom stereocenters. The van der Waals surface area contributed by atoms with E-state index in [9.17, 15) is 0 Å². The molecule has 0 saturated heterocycles. The van der Waals surface area contributed by atoms with Crippen LogP contribution in [0.5, 0.6) is 0 Å². The fraction of sp³-hybridized carbons (Fsp3) is 0.800. The van der Waals surface area contributed by atoms with Crippen LogP contribution in [-0.4, -0.2) is 64.4 Å². The van der Waals surface area contributed by atoms with E-state index < -0.39 is 0 Å². The molecule has 144 valence electrons. The van der Waals surface area contributed by atoms with Gasteiger partial charge in [0.2, 0.25) is 0 Å². The first kappa shape index (κ1) is 20.1. The Morgan fingerprint density at radius 3 is 1.65 bits per heavy atom. The molecule has 0 saturated carbocycles. The maximum Gasteiger partial charge on any atom is 0.166 e. The summed E-state index contributed by atoms with van der Waals surface area (Å²) in [5, 5.41) is 28.8. The summed E-state index contributed by atoms with van der Waals surface area (Å²) in [6, 6.07) is 0. The zero-order valence-corrected chi connectivity index (χ0v) is 16.7. The third kappa shape index (κ3) is 5.41. The number of aromatic nitrogens is 8. The van der Waals surface area contributed by atoms with Crippen molar-refractivity contribution in [3.05, 3.63) is 11.6 Å². The van der Waals surface area contributed by atoms with Crippen LogP contribution in [0.1, 0.15) is 65.0 Å². The Hall–Kier alpha value is -2.17. The molecule has 0 aromatic carbocycles. The van der Waals surface area contributed by atoms with E-state index in [1.165, 1.54) is 0 Å². The second kappa shape index (κ2) is 8.47. The second-order valence-electron chi connectivity index (χ2n) is 7.80. The SMILES string of the molecule is CC(C)(CCCN(CCCC(C)(C)c1nnn[nH]1)C(N)=S)c1nnn[nH]1. The van der Waals surface area contributed by atoms with E-state index in [1.54, 1.807) is 0 Å². The van der Waals surface area contributed by atoms with Crippen molar-refractivity contribution in [3.8, 4) is 0 Å². The van der Waals surface area contributed by atoms with Crippen LogP contribution in [0.2, 0.25) is 0 Å². The molecule has 2 aromatic rings. The Balaban J connectivity index is 1.79. The average molecular weight is 381 g/mol. The number of H-pyrrole nitrogens is 2. The largest absolute Gasteiger partial charge is 0.376 e. The van der Waals surface area contributed by atoms with E-state index in [0.29, 0.717) is 5.11 Å². The maximum atomic E-state index is 5.91. The van der Waals surface area contributed by atoms with Gasteiger partial charge >= 0.3 is 0 Å². The summed E-state index contributed by atoms with van der Waals surface area (Å²) in [6.07, 6.45) is 3.75. The Morgan fingerprint density at radius 2 is 1.35 bits per heavy atom. The summed E-state index contributed by atoms with van der Waals surface area (Å²) in [7, 11) is 0. The molecular formula is C15H28N10S. The van der Waals surface area contributed by atoms with Gasteiger partial charge in [-0.2, -0.15) is 0 Å². The van der Waals surface area contributed by atoms with Gasteiger partial charge in [0, 0.05) is 23.9 Å². The van der Waals surface area contributed by atoms with Crippen LogP contribution < -0.4 is 5.73 Å². The molecule has 26 heavy (non-hydrogen) atoms. The molecule has 0 spiro atoms. The lowest BCUT2D eigenvalue weighted by atomic mass is 9.86. The fourth-order valence-electron chi connectivity index (χ4n) is 2.88. The second-order valence-corrected chi connectivity index (χ2v) is 8.22. The first-order valence-electron chi connectivity index (χ1n) is 8.75. The van der Waals surface area contributed by atoms with Crippen LogP contribution in [-0.2, 0) is 10.8 Å². The number of thiocarbonyl (C=S) groups is 1. The van der Waals surface area contributed by atoms with E-state index in [-0.39, 0.29) is 10.8 Å². The Bertz CT molecular complexity index is 612. The smallest absolute Gasteiger partial charge is 0.166 e. The summed E-state index contributed by atoms with van der Waals surface area (Å²) in [5.41, 5.74) is 5.67. The van der Waals surface area contributed by atoms with Crippen LogP contribution in [0.4, 0.5) is 0 Å². The van der Waals surface area contributed by atoms with Gasteiger partial charge in [0.25, 0.3) is 0 Å². The summed E-state index contributed by atoms with van der Waals surface area (Å²) in [4.78, 5) is 2.05. The molecule has 4 N–H and O–H groups in total. The Kier molecular flexibility index (Phi) is 6.57. The normalized spacial score (nSPS) is 12.3. The van der Waals surface area contributed by atoms with Crippen molar-refractivity contribution < 1.29 is 0 Å². The highest BCUT2D eigenvalue weighted by atomic mass is 32.1. The highest BCUT2D eigenvalue weighted by Crippen LogP contribution is 2.26. The number of hydrogen-bond acceptors (Lipinski definition) is 7. The Morgan fingerprint density at radius 1 is 0.923 bits per heavy atom. The van der Waals surface area contributed by atoms with E-state index in [1.807, 2.05) is 0 Å². The van der Waals surface area contributed by atoms with Gasteiger partial charge in [-0.1, -0.05) is 27.7 Å². The molecule has 0 fully saturated rings. The molecule has 0 radical (unpaired) electrons. The number of nitrogens with one attached hydrogen (secondary N) is 2. The third-order valence-electron chi connectivity index (χ3n) is 4.74. The quantitative estimate of drug-likeness (QED) is 0.517. The maximum absolute atomic E-state index is 5.91. The van der Waals surface area contributed by atoms with E-state index in [2.05, 4.69) is 73.8 Å². The van der Waals surface area contributed by atoms with Crippen molar-refractivity contribution in [3.63, 3.8) is 0 Å². The first-order valence-corrected chi connectivity index (χ1v) is 9.16. The van der Waals surface area contributed by atoms with Crippen LogP contribution in [0.25, 0.3) is 0 Å². The molecule has 2 rings (SSSR count). The minimum absolute atomic E-state index is 0.118. The first-order chi connectivity index (χ1) is 12.2. The van der Waals surface area contributed by atoms with Gasteiger partial charge in [0.1, 0.15) is 0 Å². The minimum atomic E-state index is -0.118. The molecule has 11 heteroatoms. The predicted molar refractivity (Wildman–Crippen MR) is 101 cm³/mol. The highest BCUT2D eigenvalue weighted by molar-refractivity contribution is 7.80. The lowest BCUT2D eigenvalue weighted by Gasteiger charge is -2.27. The predicted octanol–water partition coefficient (Wildman–Crippen LogP) is 1.07. The zero-order valence-electron chi connectivity index (χ0n) is 15.9. The van der Waals surface area contributed by atoms with Crippen LogP contribution >= 0.6 is 12.2 Å². The lowest BCUT2D eigenvalue weighted by molar-refractivity contribution is 0.337. The van der Waals surface area contributed by atoms with Crippen LogP contribution in [0.15, 0.2) is 0 Å². The highest BCUT2D eigenvalue weighted by Gasteiger charge is 2.26. The van der Waals surface area contributed by atoms with Gasteiger partial charge in [-0.15, -0.1) is 10.2 Å². The summed E-state index contributed by atoms with van der Waals surface area (Å²) >= 11 is 5.22. The molecule has 0 amide bonds. The van der Waals surface area contributed by atoms with Gasteiger partial charge in [-0.3, -0.25) is 0 Å². The van der Waals surface area contributed by atoms with Crippen molar-refractivity contribution in [2.45, 2.75) is 64.2 Å². The van der Waals surface area contributed by atoms with Gasteiger partial charge < -0.3 is 10.6 Å². The van der Waals surface area contributed by atoms with Crippen molar-refractivity contribution in [1.82, 2.24) is 46.1 Å². The summed E-state index contributed by atoms with van der Waals surface area (Å²) in [6.45, 7) is 10.1. The average Bonchev–Trinajstić information content (AvgIpc) is 3.26. The number of tetrazole rings is 2. The minimum Gasteiger partial charge on any atom is -0.376 e. The van der Waals surface area contributed by atoms with E-state index in [4.69, 9.17) is 18.0 Å². The van der Waals surface area contributed by atoms with Crippen molar-refractivity contribution in [2.24, 2.45) is 5.73 Å². The molecule has 2 aromatic heterocycles. The number of nitrogens with zero attached hydrogens (tertiary/aromatic N) is 7. The van der Waals surface area contributed by atoms with Gasteiger partial charge in [-0.05, 0) is 58.8 Å². The molecular weight excluding hydrogens is 352 g/mol. The van der Waals surface area contributed by atoms with Gasteiger partial charge in [-0.25, -0.2) is 10.2 Å². The molecule has 0 aliphatic rings. The Labute approximate surface area is 158 Å². The molecule has 10 nitrogen and oxygen atoms in total. The van der Waals surface area contributed by atoms with Crippen LogP contribution in [0.3, 0.4) is 0 Å². The molecule has 0 aliphatic carbocycles. The monoisotopic (exact) mass is 380 g/mol. The van der Waals surface area contributed by atoms with Crippen molar-refractivity contribution in [1.29, 1.82) is 0 Å². The number of hydrogen-bond donors (Lipinski definition) is 3.